The van der Waals surface area contributed by atoms with Gasteiger partial charge in [0, 0.05) is 6.20 Å². The zero-order chi connectivity index (χ0) is 13.3. The Bertz CT molecular complexity index is 592. The molecule has 2 aromatic heterocycles. The number of halogens is 3. The molecule has 0 aliphatic carbocycles. The van der Waals surface area contributed by atoms with Crippen molar-refractivity contribution >= 4 is 5.97 Å². The van der Waals surface area contributed by atoms with E-state index in [4.69, 9.17) is 5.11 Å². The highest BCUT2D eigenvalue weighted by Crippen LogP contribution is 2.27. The minimum absolute atomic E-state index is 0.00500. The molecule has 18 heavy (non-hydrogen) atoms. The van der Waals surface area contributed by atoms with Crippen LogP contribution in [0.15, 0.2) is 30.5 Å². The molecular formula is C10H6F3N3O2. The predicted octanol–water partition coefficient (Wildman–Crippen LogP) is 1.98. The van der Waals surface area contributed by atoms with Crippen LogP contribution in [-0.2, 0) is 6.18 Å². The second kappa shape index (κ2) is 4.13. The van der Waals surface area contributed by atoms with E-state index in [1.54, 1.807) is 0 Å². The maximum Gasteiger partial charge on any atom is 0.435 e. The van der Waals surface area contributed by atoms with E-state index in [2.05, 4.69) is 10.1 Å². The third-order valence-corrected chi connectivity index (χ3v) is 2.07. The van der Waals surface area contributed by atoms with Crippen LogP contribution >= 0.6 is 0 Å². The van der Waals surface area contributed by atoms with Crippen LogP contribution < -0.4 is 0 Å². The van der Waals surface area contributed by atoms with Gasteiger partial charge in [-0.25, -0.2) is 14.5 Å². The zero-order valence-corrected chi connectivity index (χ0v) is 8.72. The normalized spacial score (nSPS) is 11.5. The van der Waals surface area contributed by atoms with Crippen molar-refractivity contribution in [1.29, 1.82) is 0 Å². The Hall–Kier alpha value is -2.38. The van der Waals surface area contributed by atoms with Crippen LogP contribution in [0.1, 0.15) is 16.2 Å². The first kappa shape index (κ1) is 12.1. The molecule has 0 saturated carbocycles. The second-order valence-electron chi connectivity index (χ2n) is 3.33. The molecule has 0 atom stereocenters. The number of nitrogens with zero attached hydrogens (tertiary/aromatic N) is 3. The van der Waals surface area contributed by atoms with Crippen molar-refractivity contribution in [2.24, 2.45) is 0 Å². The van der Waals surface area contributed by atoms with Gasteiger partial charge in [-0.05, 0) is 18.2 Å². The largest absolute Gasteiger partial charge is 0.477 e. The topological polar surface area (TPSA) is 68.0 Å². The van der Waals surface area contributed by atoms with E-state index in [0.29, 0.717) is 0 Å². The number of carbonyl (C=O) groups is 1. The zero-order valence-electron chi connectivity index (χ0n) is 8.72. The number of hydrogen-bond acceptors (Lipinski definition) is 3. The average Bonchev–Trinajstić information content (AvgIpc) is 2.78. The summed E-state index contributed by atoms with van der Waals surface area (Å²) in [5, 5.41) is 12.0. The molecule has 0 amide bonds. The van der Waals surface area contributed by atoms with Crippen LogP contribution in [0.4, 0.5) is 13.2 Å². The van der Waals surface area contributed by atoms with Gasteiger partial charge in [0.25, 0.3) is 0 Å². The van der Waals surface area contributed by atoms with Crippen molar-refractivity contribution < 1.29 is 23.1 Å². The van der Waals surface area contributed by atoms with Crippen molar-refractivity contribution in [3.05, 3.63) is 41.9 Å². The van der Waals surface area contributed by atoms with E-state index in [1.165, 1.54) is 18.2 Å². The lowest BCUT2D eigenvalue weighted by molar-refractivity contribution is -0.141. The van der Waals surface area contributed by atoms with Gasteiger partial charge in [0.05, 0.1) is 0 Å². The Balaban J connectivity index is 2.40. The van der Waals surface area contributed by atoms with E-state index in [1.807, 2.05) is 0 Å². The molecule has 0 saturated heterocycles. The van der Waals surface area contributed by atoms with Gasteiger partial charge >= 0.3 is 12.1 Å². The summed E-state index contributed by atoms with van der Waals surface area (Å²) < 4.78 is 37.9. The van der Waals surface area contributed by atoms with Gasteiger partial charge in [0.15, 0.2) is 17.2 Å². The lowest BCUT2D eigenvalue weighted by Gasteiger charge is -2.03. The maximum atomic E-state index is 12.3. The molecular weight excluding hydrogens is 251 g/mol. The first-order chi connectivity index (χ1) is 8.38. The molecule has 0 aliphatic rings. The highest BCUT2D eigenvalue weighted by molar-refractivity contribution is 5.85. The van der Waals surface area contributed by atoms with Crippen LogP contribution in [0.25, 0.3) is 5.82 Å². The molecule has 5 nitrogen and oxygen atoms in total. The predicted molar refractivity (Wildman–Crippen MR) is 53.3 cm³/mol. The smallest absolute Gasteiger partial charge is 0.435 e. The summed E-state index contributed by atoms with van der Waals surface area (Å²) in [6.07, 6.45) is -3.48. The first-order valence-corrected chi connectivity index (χ1v) is 4.71. The summed E-state index contributed by atoms with van der Waals surface area (Å²) in [5.41, 5.74) is -1.33. The van der Waals surface area contributed by atoms with Crippen molar-refractivity contribution in [3.8, 4) is 5.82 Å². The number of hydrogen-bond donors (Lipinski definition) is 1. The second-order valence-corrected chi connectivity index (χ2v) is 3.33. The number of aromatic nitrogens is 3. The molecule has 0 unspecified atom stereocenters. The van der Waals surface area contributed by atoms with Crippen molar-refractivity contribution in [2.45, 2.75) is 6.18 Å². The number of pyridine rings is 1. The maximum absolute atomic E-state index is 12.3. The molecule has 8 heteroatoms. The van der Waals surface area contributed by atoms with Gasteiger partial charge in [-0.1, -0.05) is 6.07 Å². The molecule has 0 bridgehead atoms. The summed E-state index contributed by atoms with van der Waals surface area (Å²) in [6, 6.07) is 4.76. The molecule has 2 rings (SSSR count). The summed E-state index contributed by atoms with van der Waals surface area (Å²) in [4.78, 5) is 14.3. The fourth-order valence-corrected chi connectivity index (χ4v) is 1.27. The summed E-state index contributed by atoms with van der Waals surface area (Å²) in [6.45, 7) is 0. The van der Waals surface area contributed by atoms with Crippen LogP contribution in [0.2, 0.25) is 0 Å². The summed E-state index contributed by atoms with van der Waals surface area (Å²) >= 11 is 0. The Morgan fingerprint density at radius 1 is 1.28 bits per heavy atom. The molecule has 0 radical (unpaired) electrons. The lowest BCUT2D eigenvalue weighted by atomic mass is 10.3. The van der Waals surface area contributed by atoms with Gasteiger partial charge in [-0.15, -0.1) is 0 Å². The standard InChI is InChI=1S/C10H6F3N3O2/c11-10(12,13)7-4-5-16(15-7)8-3-1-2-6(14-8)9(17)18/h1-5H,(H,17,18). The highest BCUT2D eigenvalue weighted by Gasteiger charge is 2.33. The molecule has 94 valence electrons. The minimum Gasteiger partial charge on any atom is -0.477 e. The molecule has 0 aliphatic heterocycles. The molecule has 0 fully saturated rings. The third-order valence-electron chi connectivity index (χ3n) is 2.07. The van der Waals surface area contributed by atoms with Gasteiger partial charge in [0.1, 0.15) is 0 Å². The van der Waals surface area contributed by atoms with Crippen LogP contribution in [0.5, 0.6) is 0 Å². The van der Waals surface area contributed by atoms with Crippen LogP contribution in [0.3, 0.4) is 0 Å². The van der Waals surface area contributed by atoms with E-state index in [9.17, 15) is 18.0 Å². The molecule has 0 spiro atoms. The van der Waals surface area contributed by atoms with E-state index < -0.39 is 17.8 Å². The lowest BCUT2D eigenvalue weighted by Crippen LogP contribution is -2.09. The molecule has 1 N–H and O–H groups in total. The van der Waals surface area contributed by atoms with Gasteiger partial charge < -0.3 is 5.11 Å². The van der Waals surface area contributed by atoms with Gasteiger partial charge in [-0.2, -0.15) is 18.3 Å². The highest BCUT2D eigenvalue weighted by atomic mass is 19.4. The van der Waals surface area contributed by atoms with Crippen molar-refractivity contribution in [2.75, 3.05) is 0 Å². The van der Waals surface area contributed by atoms with Crippen molar-refractivity contribution in [1.82, 2.24) is 14.8 Å². The Morgan fingerprint density at radius 2 is 2.00 bits per heavy atom. The molecule has 2 aromatic rings. The monoisotopic (exact) mass is 257 g/mol. The number of alkyl halides is 3. The Morgan fingerprint density at radius 3 is 2.56 bits per heavy atom. The molecule has 0 aromatic carbocycles. The van der Waals surface area contributed by atoms with E-state index in [0.717, 1.165) is 16.9 Å². The van der Waals surface area contributed by atoms with Gasteiger partial charge in [-0.3, -0.25) is 0 Å². The van der Waals surface area contributed by atoms with E-state index in [-0.39, 0.29) is 11.5 Å². The summed E-state index contributed by atoms with van der Waals surface area (Å²) in [7, 11) is 0. The van der Waals surface area contributed by atoms with Crippen LogP contribution in [-0.4, -0.2) is 25.8 Å². The van der Waals surface area contributed by atoms with E-state index >= 15 is 0 Å². The fourth-order valence-electron chi connectivity index (χ4n) is 1.27. The minimum atomic E-state index is -4.55. The number of carboxylic acids is 1. The quantitative estimate of drug-likeness (QED) is 0.893. The number of carboxylic acid groups (broad SMARTS) is 1. The Kier molecular flexibility index (Phi) is 2.77. The Labute approximate surface area is 98.5 Å². The average molecular weight is 257 g/mol. The molecule has 2 heterocycles. The number of rotatable bonds is 2. The summed E-state index contributed by atoms with van der Waals surface area (Å²) in [5.74, 6) is -1.26. The first-order valence-electron chi connectivity index (χ1n) is 4.71. The third kappa shape index (κ3) is 2.31. The van der Waals surface area contributed by atoms with Gasteiger partial charge in [0.2, 0.25) is 0 Å². The SMILES string of the molecule is O=C(O)c1cccc(-n2ccc(C(F)(F)F)n2)n1. The van der Waals surface area contributed by atoms with Crippen molar-refractivity contribution in [3.63, 3.8) is 0 Å². The number of aromatic carboxylic acids is 1. The van der Waals surface area contributed by atoms with Crippen LogP contribution in [0, 0.1) is 0 Å². The fraction of sp³-hybridized carbons (Fsp3) is 0.100.